The molecule has 1 aromatic carbocycles. The molecule has 0 aromatic heterocycles. The summed E-state index contributed by atoms with van der Waals surface area (Å²) < 4.78 is 13.3. The fourth-order valence-corrected chi connectivity index (χ4v) is 1.61. The second kappa shape index (κ2) is 7.66. The van der Waals surface area contributed by atoms with Crippen molar-refractivity contribution in [3.8, 4) is 0 Å². The first-order chi connectivity index (χ1) is 8.67. The van der Waals surface area contributed by atoms with Gasteiger partial charge in [0.2, 0.25) is 0 Å². The van der Waals surface area contributed by atoms with E-state index in [0.717, 1.165) is 19.3 Å². The van der Waals surface area contributed by atoms with Gasteiger partial charge in [0.15, 0.2) is 0 Å². The van der Waals surface area contributed by atoms with E-state index in [4.69, 9.17) is 5.73 Å². The Morgan fingerprint density at radius 2 is 2.17 bits per heavy atom. The Bertz CT molecular complexity index is 384. The summed E-state index contributed by atoms with van der Waals surface area (Å²) in [4.78, 5) is 11.7. The summed E-state index contributed by atoms with van der Waals surface area (Å²) >= 11 is 0. The number of unbranched alkanes of at least 4 members (excludes halogenated alkanes) is 1. The maximum absolute atomic E-state index is 13.3. The molecule has 0 heterocycles. The van der Waals surface area contributed by atoms with Gasteiger partial charge in [0.05, 0.1) is 5.69 Å². The van der Waals surface area contributed by atoms with Gasteiger partial charge in [-0.25, -0.2) is 9.18 Å². The Morgan fingerprint density at radius 3 is 2.78 bits per heavy atom. The van der Waals surface area contributed by atoms with Gasteiger partial charge in [-0.3, -0.25) is 0 Å². The van der Waals surface area contributed by atoms with Crippen molar-refractivity contribution in [2.75, 3.05) is 11.9 Å². The first-order valence-electron chi connectivity index (χ1n) is 6.19. The summed E-state index contributed by atoms with van der Waals surface area (Å²) in [6, 6.07) is 5.55. The number of nitrogens with two attached hydrogens (primary N) is 1. The van der Waals surface area contributed by atoms with Crippen molar-refractivity contribution in [3.63, 3.8) is 0 Å². The molecule has 0 fully saturated rings. The molecule has 18 heavy (non-hydrogen) atoms. The van der Waals surface area contributed by atoms with Gasteiger partial charge in [-0.05, 0) is 18.6 Å². The molecule has 100 valence electrons. The minimum atomic E-state index is -0.453. The number of urea groups is 1. The van der Waals surface area contributed by atoms with Crippen LogP contribution in [0.1, 0.15) is 26.2 Å². The smallest absolute Gasteiger partial charge is 0.319 e. The molecule has 0 saturated carbocycles. The van der Waals surface area contributed by atoms with Crippen molar-refractivity contribution in [3.05, 3.63) is 30.1 Å². The van der Waals surface area contributed by atoms with Gasteiger partial charge >= 0.3 is 6.03 Å². The molecular weight excluding hydrogens is 233 g/mol. The Hall–Kier alpha value is -1.62. The number of carbonyl (C=O) groups excluding carboxylic acids is 1. The molecule has 1 atom stereocenters. The first kappa shape index (κ1) is 14.4. The van der Waals surface area contributed by atoms with Crippen LogP contribution in [0.25, 0.3) is 0 Å². The quantitative estimate of drug-likeness (QED) is 0.729. The standard InChI is InChI=1S/C13H20FN3O/c1-2-3-6-10(9-15)16-13(18)17-12-8-5-4-7-11(12)14/h4-5,7-8,10H,2-3,6,9,15H2,1H3,(H2,16,17,18). The zero-order valence-electron chi connectivity index (χ0n) is 10.6. The van der Waals surface area contributed by atoms with Crippen LogP contribution in [0.3, 0.4) is 0 Å². The Morgan fingerprint density at radius 1 is 1.44 bits per heavy atom. The molecule has 0 saturated heterocycles. The average Bonchev–Trinajstić information content (AvgIpc) is 2.37. The van der Waals surface area contributed by atoms with Gasteiger partial charge in [-0.2, -0.15) is 0 Å². The van der Waals surface area contributed by atoms with Crippen molar-refractivity contribution in [1.82, 2.24) is 5.32 Å². The molecule has 4 N–H and O–H groups in total. The Balaban J connectivity index is 2.48. The van der Waals surface area contributed by atoms with E-state index in [1.807, 2.05) is 0 Å². The predicted octanol–water partition coefficient (Wildman–Crippen LogP) is 2.46. The van der Waals surface area contributed by atoms with Gasteiger partial charge in [-0.15, -0.1) is 0 Å². The molecule has 1 rings (SSSR count). The summed E-state index contributed by atoms with van der Waals surface area (Å²) in [5, 5.41) is 5.21. The molecule has 0 aliphatic heterocycles. The minimum Gasteiger partial charge on any atom is -0.334 e. The number of hydrogen-bond acceptors (Lipinski definition) is 2. The molecule has 0 aliphatic carbocycles. The lowest BCUT2D eigenvalue weighted by molar-refractivity contribution is 0.247. The predicted molar refractivity (Wildman–Crippen MR) is 70.9 cm³/mol. The van der Waals surface area contributed by atoms with Crippen molar-refractivity contribution >= 4 is 11.7 Å². The normalized spacial score (nSPS) is 11.9. The molecule has 0 bridgehead atoms. The number of amides is 2. The van der Waals surface area contributed by atoms with Gasteiger partial charge in [0.1, 0.15) is 5.82 Å². The lowest BCUT2D eigenvalue weighted by atomic mass is 10.1. The van der Waals surface area contributed by atoms with Crippen LogP contribution in [0.5, 0.6) is 0 Å². The Labute approximate surface area is 107 Å². The third kappa shape index (κ3) is 4.71. The highest BCUT2D eigenvalue weighted by atomic mass is 19.1. The second-order valence-electron chi connectivity index (χ2n) is 4.15. The molecule has 4 nitrogen and oxygen atoms in total. The van der Waals surface area contributed by atoms with Crippen LogP contribution in [0, 0.1) is 5.82 Å². The van der Waals surface area contributed by atoms with Crippen LogP contribution in [-0.4, -0.2) is 18.6 Å². The number of hydrogen-bond donors (Lipinski definition) is 3. The monoisotopic (exact) mass is 253 g/mol. The third-order valence-corrected chi connectivity index (χ3v) is 2.65. The van der Waals surface area contributed by atoms with E-state index >= 15 is 0 Å². The summed E-state index contributed by atoms with van der Waals surface area (Å²) in [5.41, 5.74) is 5.74. The third-order valence-electron chi connectivity index (χ3n) is 2.65. The van der Waals surface area contributed by atoms with Gasteiger partial charge in [-0.1, -0.05) is 31.9 Å². The van der Waals surface area contributed by atoms with E-state index in [1.54, 1.807) is 12.1 Å². The van der Waals surface area contributed by atoms with Crippen LogP contribution in [0.15, 0.2) is 24.3 Å². The van der Waals surface area contributed by atoms with E-state index in [0.29, 0.717) is 6.54 Å². The molecule has 5 heteroatoms. The largest absolute Gasteiger partial charge is 0.334 e. The van der Waals surface area contributed by atoms with Crippen molar-refractivity contribution in [2.24, 2.45) is 5.73 Å². The number of rotatable bonds is 6. The van der Waals surface area contributed by atoms with Crippen molar-refractivity contribution < 1.29 is 9.18 Å². The second-order valence-corrected chi connectivity index (χ2v) is 4.15. The molecule has 1 unspecified atom stereocenters. The number of nitrogens with one attached hydrogen (secondary N) is 2. The highest BCUT2D eigenvalue weighted by Gasteiger charge is 2.11. The molecule has 2 amide bonds. The maximum atomic E-state index is 13.3. The van der Waals surface area contributed by atoms with E-state index in [1.165, 1.54) is 12.1 Å². The molecule has 1 aromatic rings. The molecule has 0 radical (unpaired) electrons. The van der Waals surface area contributed by atoms with E-state index in [2.05, 4.69) is 17.6 Å². The van der Waals surface area contributed by atoms with Crippen LogP contribution >= 0.6 is 0 Å². The zero-order valence-corrected chi connectivity index (χ0v) is 10.6. The van der Waals surface area contributed by atoms with Crippen molar-refractivity contribution in [1.29, 1.82) is 0 Å². The fraction of sp³-hybridized carbons (Fsp3) is 0.462. The molecule has 0 spiro atoms. The highest BCUT2D eigenvalue weighted by Crippen LogP contribution is 2.12. The number of halogens is 1. The highest BCUT2D eigenvalue weighted by molar-refractivity contribution is 5.89. The Kier molecular flexibility index (Phi) is 6.14. The van der Waals surface area contributed by atoms with Gasteiger partial charge in [0.25, 0.3) is 0 Å². The van der Waals surface area contributed by atoms with Crippen LogP contribution in [-0.2, 0) is 0 Å². The lowest BCUT2D eigenvalue weighted by Gasteiger charge is -2.17. The first-order valence-corrected chi connectivity index (χ1v) is 6.19. The molecule has 0 aliphatic rings. The lowest BCUT2D eigenvalue weighted by Crippen LogP contribution is -2.42. The summed E-state index contributed by atoms with van der Waals surface area (Å²) in [7, 11) is 0. The van der Waals surface area contributed by atoms with Crippen molar-refractivity contribution in [2.45, 2.75) is 32.2 Å². The average molecular weight is 253 g/mol. The van der Waals surface area contributed by atoms with Crippen LogP contribution in [0.2, 0.25) is 0 Å². The van der Waals surface area contributed by atoms with Gasteiger partial charge in [0, 0.05) is 12.6 Å². The maximum Gasteiger partial charge on any atom is 0.319 e. The number of para-hydroxylation sites is 1. The topological polar surface area (TPSA) is 67.1 Å². The van der Waals surface area contributed by atoms with Crippen LogP contribution < -0.4 is 16.4 Å². The summed E-state index contributed by atoms with van der Waals surface area (Å²) in [6.45, 7) is 2.46. The van der Waals surface area contributed by atoms with E-state index in [-0.39, 0.29) is 11.7 Å². The zero-order chi connectivity index (χ0) is 13.4. The van der Waals surface area contributed by atoms with E-state index < -0.39 is 11.8 Å². The van der Waals surface area contributed by atoms with Crippen LogP contribution in [0.4, 0.5) is 14.9 Å². The summed E-state index contributed by atoms with van der Waals surface area (Å²) in [5.74, 6) is -0.453. The van der Waals surface area contributed by atoms with Gasteiger partial charge < -0.3 is 16.4 Å². The van der Waals surface area contributed by atoms with E-state index in [9.17, 15) is 9.18 Å². The fourth-order valence-electron chi connectivity index (χ4n) is 1.61. The number of carbonyl (C=O) groups is 1. The summed E-state index contributed by atoms with van der Waals surface area (Å²) in [6.07, 6.45) is 2.88. The SMILES string of the molecule is CCCCC(CN)NC(=O)Nc1ccccc1F. The molecular formula is C13H20FN3O. The number of anilines is 1. The number of benzene rings is 1. The minimum absolute atomic E-state index is 0.0725.